The molecular weight excluding hydrogens is 516 g/mol. The summed E-state index contributed by atoms with van der Waals surface area (Å²) in [6.45, 7) is 11.1. The third-order valence-electron chi connectivity index (χ3n) is 9.33. The van der Waals surface area contributed by atoms with Gasteiger partial charge in [-0.15, -0.1) is 0 Å². The first-order valence-corrected chi connectivity index (χ1v) is 15.2. The van der Waals surface area contributed by atoms with Gasteiger partial charge in [-0.2, -0.15) is 4.98 Å². The molecule has 41 heavy (non-hydrogen) atoms. The van der Waals surface area contributed by atoms with Crippen LogP contribution in [0.3, 0.4) is 0 Å². The minimum Gasteiger partial charge on any atom is -0.368 e. The summed E-state index contributed by atoms with van der Waals surface area (Å²) in [5.41, 5.74) is 2.35. The highest BCUT2D eigenvalue weighted by molar-refractivity contribution is 5.99. The van der Waals surface area contributed by atoms with Gasteiger partial charge >= 0.3 is 0 Å². The molecule has 0 bridgehead atoms. The number of rotatable bonds is 7. The molecule has 1 saturated carbocycles. The van der Waals surface area contributed by atoms with Gasteiger partial charge in [-0.25, -0.2) is 9.97 Å². The van der Waals surface area contributed by atoms with Crippen LogP contribution in [-0.4, -0.2) is 88.0 Å². The van der Waals surface area contributed by atoms with Crippen LogP contribution in [-0.2, 0) is 0 Å². The number of piperazine rings is 1. The summed E-state index contributed by atoms with van der Waals surface area (Å²) in [5, 5.41) is 3.97. The van der Waals surface area contributed by atoms with Crippen LogP contribution in [0.5, 0.6) is 0 Å². The number of aryl methyl sites for hydroxylation is 1. The van der Waals surface area contributed by atoms with Gasteiger partial charge in [0.1, 0.15) is 11.5 Å². The van der Waals surface area contributed by atoms with Gasteiger partial charge in [-0.3, -0.25) is 19.1 Å². The molecule has 0 atom stereocenters. The molecule has 2 aliphatic heterocycles. The summed E-state index contributed by atoms with van der Waals surface area (Å²) >= 11 is 0. The third-order valence-corrected chi connectivity index (χ3v) is 9.33. The lowest BCUT2D eigenvalue weighted by atomic mass is 9.96. The van der Waals surface area contributed by atoms with E-state index in [1.807, 2.05) is 19.2 Å². The van der Waals surface area contributed by atoms with E-state index in [-0.39, 0.29) is 22.9 Å². The third kappa shape index (κ3) is 5.85. The fourth-order valence-corrected chi connectivity index (χ4v) is 6.87. The number of hydrogen-bond acceptors (Lipinski definition) is 9. The van der Waals surface area contributed by atoms with Crippen molar-refractivity contribution in [2.45, 2.75) is 58.4 Å². The number of aromatic nitrogens is 4. The average molecular weight is 559 g/mol. The molecule has 3 aromatic heterocycles. The molecule has 1 aliphatic carbocycles. The van der Waals surface area contributed by atoms with E-state index < -0.39 is 0 Å². The number of nitrogens with one attached hydrogen (secondary N) is 1. The van der Waals surface area contributed by atoms with Crippen LogP contribution in [0, 0.1) is 12.8 Å². The van der Waals surface area contributed by atoms with E-state index in [2.05, 4.69) is 43.1 Å². The lowest BCUT2D eigenvalue weighted by molar-refractivity contribution is 0.101. The van der Waals surface area contributed by atoms with E-state index in [0.717, 1.165) is 68.9 Å². The molecule has 0 aromatic carbocycles. The number of hydrogen-bond donors (Lipinski definition) is 1. The van der Waals surface area contributed by atoms with Gasteiger partial charge in [0.05, 0.1) is 17.4 Å². The standard InChI is InChI=1S/C31H42N8O2/c1-21-26-19-33-31(35-29(26)39(24-6-4-5-7-24)30(41)28(21)22(2)40)34-27-9-8-25(18-32-27)38-16-14-37(15-17-38)20-23-10-12-36(3)13-11-23/h8-9,18-19,23-24H,4-7,10-17,20H2,1-3H3,(H,32,33,34,35). The molecule has 6 rings (SSSR count). The largest absolute Gasteiger partial charge is 0.368 e. The molecule has 218 valence electrons. The minimum atomic E-state index is -0.243. The molecule has 3 fully saturated rings. The highest BCUT2D eigenvalue weighted by Crippen LogP contribution is 2.32. The average Bonchev–Trinajstić information content (AvgIpc) is 3.50. The molecule has 1 N–H and O–H groups in total. The number of carbonyl (C=O) groups is 1. The van der Waals surface area contributed by atoms with Gasteiger partial charge in [0, 0.05) is 50.3 Å². The van der Waals surface area contributed by atoms with Crippen molar-refractivity contribution in [2.24, 2.45) is 5.92 Å². The van der Waals surface area contributed by atoms with Gasteiger partial charge in [0.25, 0.3) is 5.56 Å². The second-order valence-corrected chi connectivity index (χ2v) is 12.2. The van der Waals surface area contributed by atoms with Crippen LogP contribution in [0.2, 0.25) is 0 Å². The molecule has 10 nitrogen and oxygen atoms in total. The number of carbonyl (C=O) groups excluding carboxylic acids is 1. The smallest absolute Gasteiger partial charge is 0.263 e. The molecule has 0 unspecified atom stereocenters. The molecule has 5 heterocycles. The Morgan fingerprint density at radius 2 is 1.71 bits per heavy atom. The van der Waals surface area contributed by atoms with Gasteiger partial charge < -0.3 is 15.1 Å². The molecule has 2 saturated heterocycles. The van der Waals surface area contributed by atoms with Crippen molar-refractivity contribution in [1.82, 2.24) is 29.3 Å². The van der Waals surface area contributed by atoms with E-state index in [4.69, 9.17) is 4.98 Å². The quantitative estimate of drug-likeness (QED) is 0.431. The van der Waals surface area contributed by atoms with Crippen molar-refractivity contribution < 1.29 is 4.79 Å². The van der Waals surface area contributed by atoms with Crippen LogP contribution in [0.1, 0.15) is 67.4 Å². The number of Topliss-reactive ketones (excluding diaryl/α,β-unsaturated/α-hetero) is 1. The number of anilines is 3. The molecule has 3 aromatic rings. The van der Waals surface area contributed by atoms with E-state index in [1.165, 1.54) is 39.4 Å². The molecule has 0 amide bonds. The summed E-state index contributed by atoms with van der Waals surface area (Å²) in [6.07, 6.45) is 10.2. The minimum absolute atomic E-state index is 0.0497. The van der Waals surface area contributed by atoms with Crippen LogP contribution in [0.25, 0.3) is 11.0 Å². The summed E-state index contributed by atoms with van der Waals surface area (Å²) in [5.74, 6) is 1.66. The van der Waals surface area contributed by atoms with Gasteiger partial charge in [-0.05, 0) is 83.3 Å². The van der Waals surface area contributed by atoms with Gasteiger partial charge in [-0.1, -0.05) is 12.8 Å². The zero-order chi connectivity index (χ0) is 28.5. The van der Waals surface area contributed by atoms with Crippen molar-refractivity contribution in [3.05, 3.63) is 46.0 Å². The summed E-state index contributed by atoms with van der Waals surface area (Å²) in [6, 6.07) is 4.11. The number of piperidine rings is 1. The van der Waals surface area contributed by atoms with Crippen LogP contribution in [0.15, 0.2) is 29.3 Å². The Bertz CT molecular complexity index is 1450. The highest BCUT2D eigenvalue weighted by Gasteiger charge is 2.26. The second kappa shape index (κ2) is 11.9. The summed E-state index contributed by atoms with van der Waals surface area (Å²) < 4.78 is 1.74. The number of likely N-dealkylation sites (tertiary alicyclic amines) is 1. The first kappa shape index (κ1) is 27.8. The topological polar surface area (TPSA) is 99.5 Å². The van der Waals surface area contributed by atoms with Crippen LogP contribution >= 0.6 is 0 Å². The fraction of sp³-hybridized carbons (Fsp3) is 0.581. The van der Waals surface area contributed by atoms with Crippen molar-refractivity contribution in [2.75, 3.05) is 63.1 Å². The van der Waals surface area contributed by atoms with Crippen molar-refractivity contribution in [3.8, 4) is 0 Å². The number of ketones is 1. The van der Waals surface area contributed by atoms with Gasteiger partial charge in [0.2, 0.25) is 5.95 Å². The monoisotopic (exact) mass is 558 g/mol. The normalized spacial score (nSPS) is 19.7. The molecule has 0 radical (unpaired) electrons. The molecule has 0 spiro atoms. The lowest BCUT2D eigenvalue weighted by Gasteiger charge is -2.39. The van der Waals surface area contributed by atoms with E-state index >= 15 is 0 Å². The maximum atomic E-state index is 13.5. The Morgan fingerprint density at radius 1 is 0.976 bits per heavy atom. The first-order valence-electron chi connectivity index (χ1n) is 15.2. The zero-order valence-corrected chi connectivity index (χ0v) is 24.6. The summed E-state index contributed by atoms with van der Waals surface area (Å²) in [7, 11) is 2.22. The van der Waals surface area contributed by atoms with Gasteiger partial charge in [0.15, 0.2) is 5.78 Å². The Morgan fingerprint density at radius 3 is 2.37 bits per heavy atom. The molecular formula is C31H42N8O2. The predicted molar refractivity (Wildman–Crippen MR) is 162 cm³/mol. The maximum absolute atomic E-state index is 13.5. The molecule has 3 aliphatic rings. The number of fused-ring (bicyclic) bond motifs is 1. The maximum Gasteiger partial charge on any atom is 0.263 e. The Hall–Kier alpha value is -3.37. The summed E-state index contributed by atoms with van der Waals surface area (Å²) in [4.78, 5) is 47.3. The van der Waals surface area contributed by atoms with Crippen molar-refractivity contribution in [1.29, 1.82) is 0 Å². The zero-order valence-electron chi connectivity index (χ0n) is 24.6. The Labute approximate surface area is 241 Å². The Kier molecular flexibility index (Phi) is 8.03. The molecule has 10 heteroatoms. The van der Waals surface area contributed by atoms with Crippen LogP contribution < -0.4 is 15.8 Å². The van der Waals surface area contributed by atoms with E-state index in [0.29, 0.717) is 23.0 Å². The Balaban J connectivity index is 1.15. The lowest BCUT2D eigenvalue weighted by Crippen LogP contribution is -2.48. The second-order valence-electron chi connectivity index (χ2n) is 12.2. The number of pyridine rings is 2. The fourth-order valence-electron chi connectivity index (χ4n) is 6.87. The first-order chi connectivity index (χ1) is 19.9. The highest BCUT2D eigenvalue weighted by atomic mass is 16.1. The van der Waals surface area contributed by atoms with Crippen molar-refractivity contribution >= 4 is 34.3 Å². The van der Waals surface area contributed by atoms with E-state index in [1.54, 1.807) is 10.8 Å². The SMILES string of the molecule is CC(=O)c1c(C)c2cnc(Nc3ccc(N4CCN(CC5CCN(C)CC5)CC4)cn3)nc2n(C2CCCC2)c1=O. The van der Waals surface area contributed by atoms with Crippen molar-refractivity contribution in [3.63, 3.8) is 0 Å². The van der Waals surface area contributed by atoms with Crippen LogP contribution in [0.4, 0.5) is 17.5 Å². The predicted octanol–water partition coefficient (Wildman–Crippen LogP) is 4.02. The number of nitrogens with zero attached hydrogens (tertiary/aromatic N) is 7. The van der Waals surface area contributed by atoms with E-state index in [9.17, 15) is 9.59 Å².